The van der Waals surface area contributed by atoms with Crippen LogP contribution in [0.2, 0.25) is 0 Å². The average Bonchev–Trinajstić information content (AvgIpc) is 3.36. The van der Waals surface area contributed by atoms with Crippen molar-refractivity contribution in [2.75, 3.05) is 17.7 Å². The van der Waals surface area contributed by atoms with Gasteiger partial charge in [0.15, 0.2) is 17.2 Å². The van der Waals surface area contributed by atoms with Gasteiger partial charge in [-0.1, -0.05) is 12.1 Å². The van der Waals surface area contributed by atoms with E-state index in [1.165, 1.54) is 10.7 Å². The SMILES string of the molecule is CNc1cc(Nc2cccc(C=O)c2)nn2c(C(=O)NC3CC3)cnc12. The third-order valence-corrected chi connectivity index (χ3v) is 4.18. The summed E-state index contributed by atoms with van der Waals surface area (Å²) in [5, 5.41) is 13.7. The number of aromatic nitrogens is 3. The Hall–Kier alpha value is -3.42. The zero-order valence-electron chi connectivity index (χ0n) is 14.2. The van der Waals surface area contributed by atoms with Gasteiger partial charge >= 0.3 is 0 Å². The minimum atomic E-state index is -0.186. The molecule has 26 heavy (non-hydrogen) atoms. The Labute approximate surface area is 149 Å². The van der Waals surface area contributed by atoms with Crippen LogP contribution in [-0.2, 0) is 0 Å². The smallest absolute Gasteiger partial charge is 0.271 e. The fourth-order valence-electron chi connectivity index (χ4n) is 2.69. The molecule has 132 valence electrons. The normalized spacial score (nSPS) is 13.4. The molecule has 4 rings (SSSR count). The van der Waals surface area contributed by atoms with Crippen LogP contribution >= 0.6 is 0 Å². The van der Waals surface area contributed by atoms with Gasteiger partial charge in [-0.2, -0.15) is 0 Å². The van der Waals surface area contributed by atoms with E-state index >= 15 is 0 Å². The number of imidazole rings is 1. The molecule has 2 heterocycles. The van der Waals surface area contributed by atoms with Gasteiger partial charge in [0.1, 0.15) is 6.29 Å². The molecule has 0 bridgehead atoms. The molecule has 1 amide bonds. The molecule has 0 spiro atoms. The van der Waals surface area contributed by atoms with E-state index in [0.29, 0.717) is 22.7 Å². The average molecular weight is 350 g/mol. The molecular formula is C18H18N6O2. The fraction of sp³-hybridized carbons (Fsp3) is 0.222. The summed E-state index contributed by atoms with van der Waals surface area (Å²) in [5.41, 5.74) is 2.98. The number of rotatable bonds is 6. The van der Waals surface area contributed by atoms with E-state index in [2.05, 4.69) is 26.0 Å². The highest BCUT2D eigenvalue weighted by Crippen LogP contribution is 2.24. The van der Waals surface area contributed by atoms with Crippen LogP contribution in [0.15, 0.2) is 36.5 Å². The fourth-order valence-corrected chi connectivity index (χ4v) is 2.69. The lowest BCUT2D eigenvalue weighted by molar-refractivity contribution is 0.0943. The van der Waals surface area contributed by atoms with Crippen molar-refractivity contribution in [3.63, 3.8) is 0 Å². The van der Waals surface area contributed by atoms with Crippen LogP contribution in [0.3, 0.4) is 0 Å². The number of fused-ring (bicyclic) bond motifs is 1. The lowest BCUT2D eigenvalue weighted by Gasteiger charge is -2.10. The number of nitrogens with one attached hydrogen (secondary N) is 3. The third kappa shape index (κ3) is 3.08. The van der Waals surface area contributed by atoms with Crippen molar-refractivity contribution in [1.29, 1.82) is 0 Å². The summed E-state index contributed by atoms with van der Waals surface area (Å²) in [6.45, 7) is 0. The highest BCUT2D eigenvalue weighted by atomic mass is 16.2. The zero-order chi connectivity index (χ0) is 18.1. The molecule has 1 aliphatic carbocycles. The number of hydrogen-bond acceptors (Lipinski definition) is 6. The van der Waals surface area contributed by atoms with Crippen molar-refractivity contribution in [2.45, 2.75) is 18.9 Å². The van der Waals surface area contributed by atoms with Crippen LogP contribution in [0, 0.1) is 0 Å². The molecule has 3 aromatic rings. The van der Waals surface area contributed by atoms with Crippen molar-refractivity contribution in [3.05, 3.63) is 47.8 Å². The molecule has 3 N–H and O–H groups in total. The van der Waals surface area contributed by atoms with Gasteiger partial charge in [0.25, 0.3) is 5.91 Å². The summed E-state index contributed by atoms with van der Waals surface area (Å²) in [6, 6.07) is 9.14. The van der Waals surface area contributed by atoms with Gasteiger partial charge in [-0.05, 0) is 25.0 Å². The van der Waals surface area contributed by atoms with Crippen molar-refractivity contribution >= 4 is 35.0 Å². The third-order valence-electron chi connectivity index (χ3n) is 4.18. The van der Waals surface area contributed by atoms with Gasteiger partial charge in [0.05, 0.1) is 11.9 Å². The first-order chi connectivity index (χ1) is 12.7. The molecule has 0 unspecified atom stereocenters. The number of carbonyl (C=O) groups is 2. The molecule has 0 saturated heterocycles. The second-order valence-corrected chi connectivity index (χ2v) is 6.19. The molecule has 0 radical (unpaired) electrons. The highest BCUT2D eigenvalue weighted by molar-refractivity contribution is 5.94. The van der Waals surface area contributed by atoms with E-state index in [-0.39, 0.29) is 11.9 Å². The van der Waals surface area contributed by atoms with E-state index in [4.69, 9.17) is 0 Å². The lowest BCUT2D eigenvalue weighted by atomic mass is 10.2. The van der Waals surface area contributed by atoms with Crippen LogP contribution in [-0.4, -0.2) is 39.9 Å². The number of hydrogen-bond donors (Lipinski definition) is 3. The first-order valence-electron chi connectivity index (χ1n) is 8.37. The van der Waals surface area contributed by atoms with Crippen molar-refractivity contribution < 1.29 is 9.59 Å². The second-order valence-electron chi connectivity index (χ2n) is 6.19. The Morgan fingerprint density at radius 2 is 2.15 bits per heavy atom. The van der Waals surface area contributed by atoms with Crippen LogP contribution < -0.4 is 16.0 Å². The van der Waals surface area contributed by atoms with Crippen molar-refractivity contribution in [3.8, 4) is 0 Å². The van der Waals surface area contributed by atoms with Gasteiger partial charge in [-0.15, -0.1) is 5.10 Å². The molecule has 1 fully saturated rings. The number of amides is 1. The summed E-state index contributed by atoms with van der Waals surface area (Å²) in [6.07, 6.45) is 4.34. The lowest BCUT2D eigenvalue weighted by Crippen LogP contribution is -2.27. The molecule has 1 aliphatic rings. The zero-order valence-corrected chi connectivity index (χ0v) is 14.2. The minimum absolute atomic E-state index is 0.186. The molecule has 8 nitrogen and oxygen atoms in total. The molecule has 2 aromatic heterocycles. The number of benzene rings is 1. The number of anilines is 3. The standard InChI is InChI=1S/C18H18N6O2/c1-19-14-8-16(21-13-4-2-3-11(7-13)10-25)23-24-15(9-20-17(14)24)18(26)22-12-5-6-12/h2-4,7-10,12,19H,5-6H2,1H3,(H,21,23)(H,22,26). The van der Waals surface area contributed by atoms with Gasteiger partial charge in [-0.3, -0.25) is 9.59 Å². The van der Waals surface area contributed by atoms with Gasteiger partial charge in [0.2, 0.25) is 0 Å². The highest BCUT2D eigenvalue weighted by Gasteiger charge is 2.26. The van der Waals surface area contributed by atoms with Gasteiger partial charge in [0, 0.05) is 30.4 Å². The molecular weight excluding hydrogens is 332 g/mol. The van der Waals surface area contributed by atoms with E-state index in [1.54, 1.807) is 31.3 Å². The molecule has 0 atom stereocenters. The molecule has 8 heteroatoms. The summed E-state index contributed by atoms with van der Waals surface area (Å²) >= 11 is 0. The van der Waals surface area contributed by atoms with Gasteiger partial charge in [-0.25, -0.2) is 9.50 Å². The second kappa shape index (κ2) is 6.47. The summed E-state index contributed by atoms with van der Waals surface area (Å²) in [7, 11) is 1.78. The molecule has 1 aromatic carbocycles. The van der Waals surface area contributed by atoms with Crippen LogP contribution in [0.1, 0.15) is 33.7 Å². The molecule has 0 aliphatic heterocycles. The van der Waals surface area contributed by atoms with E-state index in [9.17, 15) is 9.59 Å². The first kappa shape index (κ1) is 16.1. The predicted molar refractivity (Wildman–Crippen MR) is 98.1 cm³/mol. The summed E-state index contributed by atoms with van der Waals surface area (Å²) in [5.74, 6) is 0.345. The maximum absolute atomic E-state index is 12.4. The number of nitrogens with zero attached hydrogens (tertiary/aromatic N) is 3. The summed E-state index contributed by atoms with van der Waals surface area (Å²) < 4.78 is 1.52. The largest absolute Gasteiger partial charge is 0.385 e. The van der Waals surface area contributed by atoms with Crippen molar-refractivity contribution in [1.82, 2.24) is 19.9 Å². The number of aldehydes is 1. The first-order valence-corrected chi connectivity index (χ1v) is 8.37. The predicted octanol–water partition coefficient (Wildman–Crippen LogP) is 2.22. The Morgan fingerprint density at radius 3 is 2.88 bits per heavy atom. The monoisotopic (exact) mass is 350 g/mol. The Kier molecular flexibility index (Phi) is 4.00. The van der Waals surface area contributed by atoms with Crippen LogP contribution in [0.25, 0.3) is 5.65 Å². The maximum Gasteiger partial charge on any atom is 0.271 e. The number of carbonyl (C=O) groups excluding carboxylic acids is 2. The van der Waals surface area contributed by atoms with E-state index in [1.807, 2.05) is 6.07 Å². The summed E-state index contributed by atoms with van der Waals surface area (Å²) in [4.78, 5) is 27.7. The van der Waals surface area contributed by atoms with Crippen LogP contribution in [0.5, 0.6) is 0 Å². The quantitative estimate of drug-likeness (QED) is 0.590. The Morgan fingerprint density at radius 1 is 1.31 bits per heavy atom. The van der Waals surface area contributed by atoms with Crippen molar-refractivity contribution in [2.24, 2.45) is 0 Å². The Balaban J connectivity index is 1.72. The topological polar surface area (TPSA) is 100 Å². The molecule has 1 saturated carbocycles. The van der Waals surface area contributed by atoms with E-state index in [0.717, 1.165) is 30.5 Å². The maximum atomic E-state index is 12.4. The van der Waals surface area contributed by atoms with E-state index < -0.39 is 0 Å². The Bertz CT molecular complexity index is 993. The van der Waals surface area contributed by atoms with Crippen LogP contribution in [0.4, 0.5) is 17.2 Å². The minimum Gasteiger partial charge on any atom is -0.385 e. The van der Waals surface area contributed by atoms with Gasteiger partial charge < -0.3 is 16.0 Å².